The van der Waals surface area contributed by atoms with Gasteiger partial charge in [0.1, 0.15) is 4.21 Å². The third-order valence-electron chi connectivity index (χ3n) is 6.31. The first-order valence-corrected chi connectivity index (χ1v) is 15.5. The number of sulfonamides is 1. The van der Waals surface area contributed by atoms with Gasteiger partial charge in [-0.15, -0.1) is 11.3 Å². The molecule has 0 unspecified atom stereocenters. The van der Waals surface area contributed by atoms with Crippen molar-refractivity contribution >= 4 is 71.5 Å². The summed E-state index contributed by atoms with van der Waals surface area (Å²) in [6.45, 7) is 1.70. The van der Waals surface area contributed by atoms with E-state index in [4.69, 9.17) is 5.11 Å². The number of aromatic carboxylic acids is 1. The number of benzene rings is 2. The van der Waals surface area contributed by atoms with E-state index in [1.165, 1.54) is 34.9 Å². The molecule has 208 valence electrons. The van der Waals surface area contributed by atoms with Gasteiger partial charge in [-0.1, -0.05) is 23.5 Å². The number of carbonyl (C=O) groups is 3. The summed E-state index contributed by atoms with van der Waals surface area (Å²) in [7, 11) is -3.97. The fraction of sp³-hybridized carbons (Fsp3) is 0.231. The predicted octanol–water partition coefficient (Wildman–Crippen LogP) is 3.72. The van der Waals surface area contributed by atoms with Gasteiger partial charge in [-0.3, -0.25) is 14.3 Å². The molecule has 1 aliphatic heterocycles. The summed E-state index contributed by atoms with van der Waals surface area (Å²) in [5.74, 6) is -1.67. The van der Waals surface area contributed by atoms with Crippen LogP contribution in [0.3, 0.4) is 0 Å². The van der Waals surface area contributed by atoms with E-state index in [1.54, 1.807) is 30.3 Å². The van der Waals surface area contributed by atoms with Gasteiger partial charge in [0.05, 0.1) is 27.0 Å². The number of thiazole rings is 1. The van der Waals surface area contributed by atoms with Crippen molar-refractivity contribution in [3.05, 3.63) is 70.6 Å². The lowest BCUT2D eigenvalue weighted by Gasteiger charge is -2.20. The molecule has 0 aliphatic carbocycles. The summed E-state index contributed by atoms with van der Waals surface area (Å²) in [5.41, 5.74) is 1.84. The van der Waals surface area contributed by atoms with Gasteiger partial charge in [0.25, 0.3) is 15.9 Å². The zero-order valence-electron chi connectivity index (χ0n) is 21.0. The molecule has 11 nitrogen and oxygen atoms in total. The fourth-order valence-corrected chi connectivity index (χ4v) is 7.33. The minimum Gasteiger partial charge on any atom is -0.478 e. The predicted molar refractivity (Wildman–Crippen MR) is 154 cm³/mol. The third kappa shape index (κ3) is 6.47. The van der Waals surface area contributed by atoms with E-state index in [-0.39, 0.29) is 33.7 Å². The number of carboxylic acid groups (broad SMARTS) is 1. The first-order valence-electron chi connectivity index (χ1n) is 12.3. The van der Waals surface area contributed by atoms with E-state index < -0.39 is 21.9 Å². The zero-order valence-corrected chi connectivity index (χ0v) is 23.4. The highest BCUT2D eigenvalue weighted by Crippen LogP contribution is 2.31. The van der Waals surface area contributed by atoms with Crippen LogP contribution in [0.4, 0.5) is 10.8 Å². The molecule has 2 aromatic heterocycles. The molecule has 1 fully saturated rings. The van der Waals surface area contributed by atoms with E-state index in [1.807, 2.05) is 0 Å². The number of carbonyl (C=O) groups excluding carboxylic acids is 2. The van der Waals surface area contributed by atoms with E-state index in [2.05, 4.69) is 25.7 Å². The maximum atomic E-state index is 13.0. The molecule has 14 heteroatoms. The van der Waals surface area contributed by atoms with Crippen molar-refractivity contribution in [1.29, 1.82) is 0 Å². The third-order valence-corrected chi connectivity index (χ3v) is 10.1. The molecule has 2 aromatic carbocycles. The number of amides is 2. The summed E-state index contributed by atoms with van der Waals surface area (Å²) in [6, 6.07) is 12.4. The highest BCUT2D eigenvalue weighted by molar-refractivity contribution is 7.94. The molecule has 4 aromatic rings. The van der Waals surface area contributed by atoms with Crippen LogP contribution in [0.1, 0.15) is 39.1 Å². The fourth-order valence-electron chi connectivity index (χ4n) is 4.21. The Labute approximate surface area is 237 Å². The van der Waals surface area contributed by atoms with E-state index >= 15 is 0 Å². The van der Waals surface area contributed by atoms with E-state index in [0.717, 1.165) is 37.3 Å². The van der Waals surface area contributed by atoms with Crippen molar-refractivity contribution in [3.8, 4) is 0 Å². The first-order chi connectivity index (χ1) is 19.2. The molecule has 3 heterocycles. The lowest BCUT2D eigenvalue weighted by atomic mass is 9.97. The number of aromatic nitrogens is 1. The summed E-state index contributed by atoms with van der Waals surface area (Å²) in [6.07, 6.45) is 1.55. The van der Waals surface area contributed by atoms with E-state index in [9.17, 15) is 22.8 Å². The Morgan fingerprint density at radius 1 is 1.05 bits per heavy atom. The molecule has 0 spiro atoms. The SMILES string of the molecule is O=C(O)c1cccc(CNC(=O)c2csc(S(=O)(=O)Nc3ccc4nc(NC(=O)C5CCNCC5)sc4c3)c2)c1. The van der Waals surface area contributed by atoms with Crippen molar-refractivity contribution in [2.24, 2.45) is 5.92 Å². The second-order valence-electron chi connectivity index (χ2n) is 9.16. The Kier molecular flexibility index (Phi) is 8.12. The molecule has 5 rings (SSSR count). The van der Waals surface area contributed by atoms with Crippen LogP contribution in [0, 0.1) is 5.92 Å². The monoisotopic (exact) mass is 599 g/mol. The van der Waals surface area contributed by atoms with Crippen LogP contribution in [0.5, 0.6) is 0 Å². The molecule has 2 amide bonds. The van der Waals surface area contributed by atoms with Crippen LogP contribution in [-0.4, -0.2) is 49.4 Å². The van der Waals surface area contributed by atoms with Crippen LogP contribution in [0.15, 0.2) is 58.1 Å². The minimum atomic E-state index is -3.97. The van der Waals surface area contributed by atoms with Crippen molar-refractivity contribution in [3.63, 3.8) is 0 Å². The second kappa shape index (κ2) is 11.7. The van der Waals surface area contributed by atoms with E-state index in [0.29, 0.717) is 26.6 Å². The summed E-state index contributed by atoms with van der Waals surface area (Å²) in [5, 5.41) is 19.8. The number of thiophene rings is 1. The number of hydrogen-bond acceptors (Lipinski definition) is 9. The van der Waals surface area contributed by atoms with Crippen molar-refractivity contribution in [2.75, 3.05) is 23.1 Å². The lowest BCUT2D eigenvalue weighted by molar-refractivity contribution is -0.120. The number of anilines is 2. The maximum Gasteiger partial charge on any atom is 0.335 e. The molecule has 5 N–H and O–H groups in total. The quantitative estimate of drug-likeness (QED) is 0.194. The normalized spacial score (nSPS) is 14.1. The van der Waals surface area contributed by atoms with Gasteiger partial charge in [-0.05, 0) is 67.9 Å². The summed E-state index contributed by atoms with van der Waals surface area (Å²) >= 11 is 2.17. The Morgan fingerprint density at radius 2 is 1.85 bits per heavy atom. The van der Waals surface area contributed by atoms with Gasteiger partial charge >= 0.3 is 5.97 Å². The van der Waals surface area contributed by atoms with Crippen LogP contribution in [-0.2, 0) is 21.4 Å². The Bertz CT molecular complexity index is 1690. The van der Waals surface area contributed by atoms with Crippen LogP contribution < -0.4 is 20.7 Å². The topological polar surface area (TPSA) is 167 Å². The first kappa shape index (κ1) is 27.7. The Morgan fingerprint density at radius 3 is 2.62 bits per heavy atom. The number of nitrogens with zero attached hydrogens (tertiary/aromatic N) is 1. The van der Waals surface area contributed by atoms with Gasteiger partial charge in [-0.25, -0.2) is 18.2 Å². The molecule has 0 radical (unpaired) electrons. The molecule has 0 atom stereocenters. The molecule has 1 saturated heterocycles. The summed E-state index contributed by atoms with van der Waals surface area (Å²) in [4.78, 5) is 40.7. The largest absolute Gasteiger partial charge is 0.478 e. The molecule has 0 saturated carbocycles. The van der Waals surface area contributed by atoms with Crippen LogP contribution >= 0.6 is 22.7 Å². The van der Waals surface area contributed by atoms with Gasteiger partial charge in [0, 0.05) is 17.8 Å². The smallest absolute Gasteiger partial charge is 0.335 e. The average molecular weight is 600 g/mol. The highest BCUT2D eigenvalue weighted by atomic mass is 32.2. The number of piperidine rings is 1. The Hall–Kier alpha value is -3.85. The van der Waals surface area contributed by atoms with Gasteiger partial charge < -0.3 is 21.1 Å². The van der Waals surface area contributed by atoms with Crippen molar-refractivity contribution in [2.45, 2.75) is 23.6 Å². The highest BCUT2D eigenvalue weighted by Gasteiger charge is 2.23. The average Bonchev–Trinajstić information content (AvgIpc) is 3.60. The van der Waals surface area contributed by atoms with Gasteiger partial charge in [0.2, 0.25) is 5.91 Å². The maximum absolute atomic E-state index is 13.0. The lowest BCUT2D eigenvalue weighted by Crippen LogP contribution is -2.34. The molecular weight excluding hydrogens is 575 g/mol. The van der Waals surface area contributed by atoms with Crippen molar-refractivity contribution in [1.82, 2.24) is 15.6 Å². The number of fused-ring (bicyclic) bond motifs is 1. The second-order valence-corrected chi connectivity index (χ2v) is 13.0. The summed E-state index contributed by atoms with van der Waals surface area (Å²) < 4.78 is 29.2. The number of rotatable bonds is 9. The number of nitrogens with one attached hydrogen (secondary N) is 4. The molecule has 40 heavy (non-hydrogen) atoms. The zero-order chi connectivity index (χ0) is 28.3. The molecule has 1 aliphatic rings. The Balaban J connectivity index is 1.22. The van der Waals surface area contributed by atoms with Gasteiger partial charge in [-0.2, -0.15) is 0 Å². The minimum absolute atomic E-state index is 0.0372. The standard InChI is InChI=1S/C26H25N5O6S3/c32-23(28-13-15-2-1-3-17(10-15)25(34)35)18-11-22(38-14-18)40(36,37)31-19-4-5-20-21(12-19)39-26(29-20)30-24(33)16-6-8-27-9-7-16/h1-5,10-12,14,16,27,31H,6-9,13H2,(H,28,32)(H,34,35)(H,29,30,33). The van der Waals surface area contributed by atoms with Gasteiger partial charge in [0.15, 0.2) is 5.13 Å². The van der Waals surface area contributed by atoms with Crippen molar-refractivity contribution < 1.29 is 27.9 Å². The molecule has 0 bridgehead atoms. The van der Waals surface area contributed by atoms with Crippen LogP contribution in [0.2, 0.25) is 0 Å². The van der Waals surface area contributed by atoms with Crippen LogP contribution in [0.25, 0.3) is 10.2 Å². The number of carboxylic acids is 1. The molecular formula is C26H25N5O6S3. The number of hydrogen-bond donors (Lipinski definition) is 5.